The monoisotopic (exact) mass is 279 g/mol. The van der Waals surface area contributed by atoms with Crippen LogP contribution < -0.4 is 5.73 Å². The lowest BCUT2D eigenvalue weighted by atomic mass is 10.2. The molecule has 0 bridgehead atoms. The van der Waals surface area contributed by atoms with Crippen LogP contribution in [0.2, 0.25) is 0 Å². The Morgan fingerprint density at radius 3 is 2.27 bits per heavy atom. The second-order valence-electron chi connectivity index (χ2n) is 2.08. The number of hydrogen-bond acceptors (Lipinski definition) is 2. The Bertz CT molecular complexity index is 275. The van der Waals surface area contributed by atoms with Crippen LogP contribution in [0.1, 0.15) is 5.56 Å². The first-order valence-electron chi connectivity index (χ1n) is 3.00. The van der Waals surface area contributed by atoms with Crippen molar-refractivity contribution >= 4 is 37.5 Å². The Hall–Kier alpha value is -0.0600. The predicted molar refractivity (Wildman–Crippen MR) is 52.2 cm³/mol. The third-order valence-electron chi connectivity index (χ3n) is 1.40. The fraction of sp³-hybridized carbons (Fsp3) is 0.143. The number of aliphatic hydroxyl groups is 1. The summed E-state index contributed by atoms with van der Waals surface area (Å²) in [7, 11) is 0. The summed E-state index contributed by atoms with van der Waals surface area (Å²) in [5.74, 6) is 0. The van der Waals surface area contributed by atoms with Gasteiger partial charge in [-0.25, -0.2) is 0 Å². The minimum Gasteiger partial charge on any atom is -0.397 e. The van der Waals surface area contributed by atoms with Gasteiger partial charge in [0, 0.05) is 14.5 Å². The zero-order valence-electron chi connectivity index (χ0n) is 5.64. The quantitative estimate of drug-likeness (QED) is 0.776. The van der Waals surface area contributed by atoms with Gasteiger partial charge in [0.2, 0.25) is 0 Å². The van der Waals surface area contributed by atoms with Gasteiger partial charge in [0.15, 0.2) is 0 Å². The molecular formula is C7H7Br2NO. The fourth-order valence-electron chi connectivity index (χ4n) is 0.770. The number of benzene rings is 1. The maximum atomic E-state index is 8.89. The van der Waals surface area contributed by atoms with Gasteiger partial charge >= 0.3 is 0 Å². The maximum Gasteiger partial charge on any atom is 0.0713 e. The number of hydrogen-bond donors (Lipinski definition) is 2. The van der Waals surface area contributed by atoms with E-state index in [1.165, 1.54) is 0 Å². The molecule has 0 aromatic heterocycles. The summed E-state index contributed by atoms with van der Waals surface area (Å²) >= 11 is 6.54. The van der Waals surface area contributed by atoms with Gasteiger partial charge in [-0.3, -0.25) is 0 Å². The van der Waals surface area contributed by atoms with Crippen molar-refractivity contribution in [2.45, 2.75) is 6.61 Å². The number of nitrogen functional groups attached to an aromatic ring is 1. The standard InChI is InChI=1S/C7H7Br2NO/c8-5-1-2-6(9)7(10)4(5)3-11/h1-2,11H,3,10H2. The van der Waals surface area contributed by atoms with Crippen molar-refractivity contribution in [1.82, 2.24) is 0 Å². The van der Waals surface area contributed by atoms with E-state index in [0.717, 1.165) is 14.5 Å². The van der Waals surface area contributed by atoms with Crippen molar-refractivity contribution in [1.29, 1.82) is 0 Å². The molecule has 1 aromatic carbocycles. The molecule has 60 valence electrons. The summed E-state index contributed by atoms with van der Waals surface area (Å²) < 4.78 is 1.64. The van der Waals surface area contributed by atoms with Crippen LogP contribution in [0.25, 0.3) is 0 Å². The molecule has 0 aliphatic rings. The molecule has 4 heteroatoms. The number of halogens is 2. The normalized spacial score (nSPS) is 10.1. The van der Waals surface area contributed by atoms with Crippen LogP contribution in [0.15, 0.2) is 21.1 Å². The van der Waals surface area contributed by atoms with Crippen molar-refractivity contribution in [3.63, 3.8) is 0 Å². The molecule has 1 aromatic rings. The van der Waals surface area contributed by atoms with Gasteiger partial charge in [0.25, 0.3) is 0 Å². The van der Waals surface area contributed by atoms with E-state index in [9.17, 15) is 0 Å². The molecule has 0 unspecified atom stereocenters. The Morgan fingerprint density at radius 2 is 1.82 bits per heavy atom. The lowest BCUT2D eigenvalue weighted by molar-refractivity contribution is 0.282. The van der Waals surface area contributed by atoms with E-state index in [4.69, 9.17) is 10.8 Å². The van der Waals surface area contributed by atoms with Gasteiger partial charge in [-0.05, 0) is 28.1 Å². The Labute approximate surface area is 81.7 Å². The van der Waals surface area contributed by atoms with Crippen molar-refractivity contribution < 1.29 is 5.11 Å². The van der Waals surface area contributed by atoms with E-state index in [1.54, 1.807) is 0 Å². The first-order chi connectivity index (χ1) is 5.16. The highest BCUT2D eigenvalue weighted by atomic mass is 79.9. The molecule has 0 heterocycles. The summed E-state index contributed by atoms with van der Waals surface area (Å²) in [6.45, 7) is -0.0497. The molecule has 0 spiro atoms. The van der Waals surface area contributed by atoms with Crippen molar-refractivity contribution in [2.24, 2.45) is 0 Å². The van der Waals surface area contributed by atoms with Gasteiger partial charge in [0.1, 0.15) is 0 Å². The number of aliphatic hydroxyl groups excluding tert-OH is 1. The highest BCUT2D eigenvalue weighted by Gasteiger charge is 2.05. The second kappa shape index (κ2) is 3.56. The van der Waals surface area contributed by atoms with Crippen LogP contribution in [0, 0.1) is 0 Å². The Balaban J connectivity index is 3.29. The van der Waals surface area contributed by atoms with Crippen molar-refractivity contribution in [3.05, 3.63) is 26.6 Å². The second-order valence-corrected chi connectivity index (χ2v) is 3.79. The van der Waals surface area contributed by atoms with Crippen LogP contribution >= 0.6 is 31.9 Å². The minimum absolute atomic E-state index is 0.0497. The van der Waals surface area contributed by atoms with E-state index < -0.39 is 0 Å². The summed E-state index contributed by atoms with van der Waals surface area (Å²) in [6.07, 6.45) is 0. The molecule has 0 radical (unpaired) electrons. The fourth-order valence-corrected chi connectivity index (χ4v) is 1.61. The average molecular weight is 281 g/mol. The molecule has 0 amide bonds. The first kappa shape index (κ1) is 9.03. The molecule has 2 nitrogen and oxygen atoms in total. The summed E-state index contributed by atoms with van der Waals surface area (Å²) in [5, 5.41) is 8.89. The van der Waals surface area contributed by atoms with Gasteiger partial charge in [-0.1, -0.05) is 15.9 Å². The van der Waals surface area contributed by atoms with Gasteiger partial charge in [-0.2, -0.15) is 0 Å². The molecule has 0 saturated carbocycles. The number of nitrogens with two attached hydrogens (primary N) is 1. The first-order valence-corrected chi connectivity index (χ1v) is 4.58. The smallest absolute Gasteiger partial charge is 0.0713 e. The lowest BCUT2D eigenvalue weighted by Crippen LogP contribution is -1.96. The van der Waals surface area contributed by atoms with Crippen LogP contribution in [0.3, 0.4) is 0 Å². The third-order valence-corrected chi connectivity index (χ3v) is 2.84. The molecule has 0 saturated heterocycles. The SMILES string of the molecule is Nc1c(Br)ccc(Br)c1CO. The molecule has 3 N–H and O–H groups in total. The molecule has 1 rings (SSSR count). The largest absolute Gasteiger partial charge is 0.397 e. The third kappa shape index (κ3) is 1.75. The van der Waals surface area contributed by atoms with Crippen molar-refractivity contribution in [2.75, 3.05) is 5.73 Å². The van der Waals surface area contributed by atoms with Crippen molar-refractivity contribution in [3.8, 4) is 0 Å². The number of anilines is 1. The zero-order valence-corrected chi connectivity index (χ0v) is 8.81. The zero-order chi connectivity index (χ0) is 8.43. The summed E-state index contributed by atoms with van der Waals surface area (Å²) in [4.78, 5) is 0. The summed E-state index contributed by atoms with van der Waals surface area (Å²) in [5.41, 5.74) is 6.96. The number of rotatable bonds is 1. The van der Waals surface area contributed by atoms with Gasteiger partial charge in [0.05, 0.1) is 12.3 Å². The van der Waals surface area contributed by atoms with E-state index in [-0.39, 0.29) is 6.61 Å². The Morgan fingerprint density at radius 1 is 1.27 bits per heavy atom. The lowest BCUT2D eigenvalue weighted by Gasteiger charge is -2.06. The van der Waals surface area contributed by atoms with Crippen LogP contribution in [0.5, 0.6) is 0 Å². The average Bonchev–Trinajstić information content (AvgIpc) is 1.99. The highest BCUT2D eigenvalue weighted by molar-refractivity contribution is 9.11. The van der Waals surface area contributed by atoms with E-state index >= 15 is 0 Å². The van der Waals surface area contributed by atoms with Gasteiger partial charge in [-0.15, -0.1) is 0 Å². The van der Waals surface area contributed by atoms with E-state index in [2.05, 4.69) is 31.9 Å². The molecule has 0 aliphatic heterocycles. The highest BCUT2D eigenvalue weighted by Crippen LogP contribution is 2.29. The molecule has 0 fully saturated rings. The van der Waals surface area contributed by atoms with E-state index in [0.29, 0.717) is 5.69 Å². The minimum atomic E-state index is -0.0497. The molecule has 11 heavy (non-hydrogen) atoms. The molecule has 0 aliphatic carbocycles. The molecule has 0 atom stereocenters. The van der Waals surface area contributed by atoms with E-state index in [1.807, 2.05) is 12.1 Å². The molecular weight excluding hydrogens is 274 g/mol. The topological polar surface area (TPSA) is 46.2 Å². The Kier molecular flexibility index (Phi) is 2.92. The van der Waals surface area contributed by atoms with Crippen LogP contribution in [-0.4, -0.2) is 5.11 Å². The maximum absolute atomic E-state index is 8.89. The van der Waals surface area contributed by atoms with Crippen LogP contribution in [0.4, 0.5) is 5.69 Å². The predicted octanol–water partition coefficient (Wildman–Crippen LogP) is 2.29. The van der Waals surface area contributed by atoms with Crippen LogP contribution in [-0.2, 0) is 6.61 Å². The summed E-state index contributed by atoms with van der Waals surface area (Å²) in [6, 6.07) is 3.67. The van der Waals surface area contributed by atoms with Gasteiger partial charge < -0.3 is 10.8 Å².